The summed E-state index contributed by atoms with van der Waals surface area (Å²) < 4.78 is 11.6. The number of benzene rings is 1. The highest BCUT2D eigenvalue weighted by Gasteiger charge is 2.48. The number of nitrogens with one attached hydrogen (secondary N) is 1. The Kier molecular flexibility index (Phi) is 9.07. The maximum atomic E-state index is 12.6. The summed E-state index contributed by atoms with van der Waals surface area (Å²) in [5.74, 6) is -0.893. The Balaban J connectivity index is 2.28. The first kappa shape index (κ1) is 25.3. The van der Waals surface area contributed by atoms with Crippen molar-refractivity contribution < 1.29 is 24.2 Å². The molecular formula is C25H39NO5. The number of rotatable bonds is 11. The third-order valence-corrected chi connectivity index (χ3v) is 6.14. The molecule has 0 saturated heterocycles. The van der Waals surface area contributed by atoms with Crippen LogP contribution in [0.5, 0.6) is 0 Å². The summed E-state index contributed by atoms with van der Waals surface area (Å²) in [6, 6.07) is 9.33. The van der Waals surface area contributed by atoms with Gasteiger partial charge in [-0.1, -0.05) is 58.0 Å². The van der Waals surface area contributed by atoms with Crippen LogP contribution in [0.2, 0.25) is 0 Å². The Labute approximate surface area is 186 Å². The summed E-state index contributed by atoms with van der Waals surface area (Å²) in [6.07, 6.45) is 2.86. The maximum Gasteiger partial charge on any atom is 0.335 e. The van der Waals surface area contributed by atoms with Gasteiger partial charge in [-0.05, 0) is 49.1 Å². The van der Waals surface area contributed by atoms with Gasteiger partial charge in [-0.15, -0.1) is 0 Å². The van der Waals surface area contributed by atoms with E-state index in [9.17, 15) is 14.7 Å². The highest BCUT2D eigenvalue weighted by Crippen LogP contribution is 2.42. The molecule has 1 saturated carbocycles. The Morgan fingerprint density at radius 3 is 2.45 bits per heavy atom. The zero-order valence-electron chi connectivity index (χ0n) is 19.6. The van der Waals surface area contributed by atoms with Crippen molar-refractivity contribution >= 4 is 11.9 Å². The van der Waals surface area contributed by atoms with Gasteiger partial charge in [0.05, 0.1) is 19.1 Å². The average Bonchev–Trinajstić information content (AvgIpc) is 3.07. The molecule has 4 unspecified atom stereocenters. The van der Waals surface area contributed by atoms with Crippen molar-refractivity contribution in [2.24, 2.45) is 11.3 Å². The molecule has 174 valence electrons. The van der Waals surface area contributed by atoms with Gasteiger partial charge in [-0.3, -0.25) is 4.79 Å². The molecule has 1 aromatic rings. The molecule has 0 radical (unpaired) electrons. The number of hydrogen-bond donors (Lipinski definition) is 2. The molecule has 1 fully saturated rings. The number of hydrogen-bond acceptors (Lipinski definition) is 5. The summed E-state index contributed by atoms with van der Waals surface area (Å²) >= 11 is 0. The van der Waals surface area contributed by atoms with Crippen LogP contribution < -0.4 is 5.32 Å². The normalized spacial score (nSPS) is 23.3. The first-order valence-corrected chi connectivity index (χ1v) is 11.3. The number of carboxylic acid groups (broad SMARTS) is 1. The Bertz CT molecular complexity index is 714. The van der Waals surface area contributed by atoms with Crippen molar-refractivity contribution in [3.63, 3.8) is 0 Å². The van der Waals surface area contributed by atoms with Crippen LogP contribution in [-0.2, 0) is 25.5 Å². The number of ether oxygens (including phenoxy) is 2. The SMILES string of the molecule is COC(=O)C(Cc1ccccc1)OC1(C(CC(=O)O)NCCC(C)(C)C)CCC(C)C1. The van der Waals surface area contributed by atoms with Gasteiger partial charge in [0.25, 0.3) is 0 Å². The molecule has 0 bridgehead atoms. The van der Waals surface area contributed by atoms with E-state index in [4.69, 9.17) is 9.47 Å². The van der Waals surface area contributed by atoms with E-state index in [0.29, 0.717) is 18.9 Å². The number of carboxylic acids is 1. The highest BCUT2D eigenvalue weighted by atomic mass is 16.6. The summed E-state index contributed by atoms with van der Waals surface area (Å²) in [7, 11) is 1.37. The van der Waals surface area contributed by atoms with Crippen LogP contribution in [0.4, 0.5) is 0 Å². The van der Waals surface area contributed by atoms with E-state index >= 15 is 0 Å². The van der Waals surface area contributed by atoms with Crippen LogP contribution in [0.1, 0.15) is 65.4 Å². The van der Waals surface area contributed by atoms with E-state index in [0.717, 1.165) is 31.2 Å². The predicted octanol–water partition coefficient (Wildman–Crippen LogP) is 4.22. The largest absolute Gasteiger partial charge is 0.481 e. The van der Waals surface area contributed by atoms with E-state index < -0.39 is 23.6 Å². The lowest BCUT2D eigenvalue weighted by molar-refractivity contribution is -0.173. The zero-order chi connectivity index (χ0) is 23.1. The van der Waals surface area contributed by atoms with Gasteiger partial charge in [-0.25, -0.2) is 4.79 Å². The molecule has 1 aliphatic carbocycles. The number of methoxy groups -OCH3 is 1. The fourth-order valence-corrected chi connectivity index (χ4v) is 4.45. The third-order valence-electron chi connectivity index (χ3n) is 6.14. The number of carbonyl (C=O) groups is 2. The lowest BCUT2D eigenvalue weighted by Gasteiger charge is -2.40. The highest BCUT2D eigenvalue weighted by molar-refractivity contribution is 5.75. The van der Waals surface area contributed by atoms with Gasteiger partial charge in [0, 0.05) is 12.5 Å². The molecule has 31 heavy (non-hydrogen) atoms. The zero-order valence-corrected chi connectivity index (χ0v) is 19.6. The minimum absolute atomic E-state index is 0.0455. The topological polar surface area (TPSA) is 84.9 Å². The second-order valence-corrected chi connectivity index (χ2v) is 10.1. The van der Waals surface area contributed by atoms with Gasteiger partial charge in [-0.2, -0.15) is 0 Å². The molecule has 2 N–H and O–H groups in total. The summed E-state index contributed by atoms with van der Waals surface area (Å²) in [6.45, 7) is 9.35. The average molecular weight is 434 g/mol. The Morgan fingerprint density at radius 1 is 1.26 bits per heavy atom. The van der Waals surface area contributed by atoms with Crippen molar-refractivity contribution in [3.8, 4) is 0 Å². The number of aliphatic carboxylic acids is 1. The first-order valence-electron chi connectivity index (χ1n) is 11.3. The quantitative estimate of drug-likeness (QED) is 0.509. The predicted molar refractivity (Wildman–Crippen MR) is 121 cm³/mol. The number of carbonyl (C=O) groups excluding carboxylic acids is 1. The standard InChI is InChI=1S/C25H39NO5/c1-18-11-12-25(17-18,21(16-22(27)28)26-14-13-24(2,3)4)31-20(23(29)30-5)15-19-9-7-6-8-10-19/h6-10,18,20-21,26H,11-17H2,1-5H3,(H,27,28). The van der Waals surface area contributed by atoms with Crippen LogP contribution in [0.15, 0.2) is 30.3 Å². The van der Waals surface area contributed by atoms with Crippen molar-refractivity contribution in [1.82, 2.24) is 5.32 Å². The number of esters is 1. The lowest BCUT2D eigenvalue weighted by Crippen LogP contribution is -2.55. The summed E-state index contributed by atoms with van der Waals surface area (Å²) in [5, 5.41) is 13.1. The van der Waals surface area contributed by atoms with Crippen LogP contribution in [0, 0.1) is 11.3 Å². The van der Waals surface area contributed by atoms with Crippen LogP contribution in [0.25, 0.3) is 0 Å². The fraction of sp³-hybridized carbons (Fsp3) is 0.680. The van der Waals surface area contributed by atoms with Crippen LogP contribution in [-0.4, -0.2) is 48.4 Å². The second kappa shape index (κ2) is 11.1. The molecule has 0 spiro atoms. The molecule has 0 aromatic heterocycles. The van der Waals surface area contributed by atoms with Crippen LogP contribution in [0.3, 0.4) is 0 Å². The van der Waals surface area contributed by atoms with Crippen LogP contribution >= 0.6 is 0 Å². The minimum Gasteiger partial charge on any atom is -0.481 e. The van der Waals surface area contributed by atoms with Gasteiger partial charge in [0.2, 0.25) is 0 Å². The molecule has 2 rings (SSSR count). The summed E-state index contributed by atoms with van der Waals surface area (Å²) in [5.41, 5.74) is 0.401. The van der Waals surface area contributed by atoms with Gasteiger partial charge in [0.15, 0.2) is 6.10 Å². The van der Waals surface area contributed by atoms with Crippen molar-refractivity contribution in [3.05, 3.63) is 35.9 Å². The van der Waals surface area contributed by atoms with Gasteiger partial charge in [0.1, 0.15) is 0 Å². The minimum atomic E-state index is -0.867. The molecule has 6 heteroatoms. The molecule has 0 heterocycles. The molecule has 0 aliphatic heterocycles. The van der Waals surface area contributed by atoms with Crippen molar-refractivity contribution in [1.29, 1.82) is 0 Å². The first-order chi connectivity index (χ1) is 14.5. The fourth-order valence-electron chi connectivity index (χ4n) is 4.45. The molecule has 0 amide bonds. The Morgan fingerprint density at radius 2 is 1.94 bits per heavy atom. The van der Waals surface area contributed by atoms with E-state index in [1.165, 1.54) is 7.11 Å². The molecule has 1 aliphatic rings. The van der Waals surface area contributed by atoms with E-state index in [-0.39, 0.29) is 17.9 Å². The molecule has 4 atom stereocenters. The second-order valence-electron chi connectivity index (χ2n) is 10.1. The monoisotopic (exact) mass is 433 g/mol. The van der Waals surface area contributed by atoms with Crippen molar-refractivity contribution in [2.45, 2.75) is 84.0 Å². The van der Waals surface area contributed by atoms with E-state index in [1.807, 2.05) is 30.3 Å². The molecule has 1 aromatic carbocycles. The maximum absolute atomic E-state index is 12.6. The van der Waals surface area contributed by atoms with E-state index in [2.05, 4.69) is 33.0 Å². The molecular weight excluding hydrogens is 394 g/mol. The molecule has 6 nitrogen and oxygen atoms in total. The van der Waals surface area contributed by atoms with E-state index in [1.54, 1.807) is 0 Å². The van der Waals surface area contributed by atoms with Crippen molar-refractivity contribution in [2.75, 3.05) is 13.7 Å². The van der Waals surface area contributed by atoms with Gasteiger partial charge < -0.3 is 19.9 Å². The Hall–Kier alpha value is -1.92. The lowest BCUT2D eigenvalue weighted by atomic mass is 9.86. The smallest absolute Gasteiger partial charge is 0.335 e. The summed E-state index contributed by atoms with van der Waals surface area (Å²) in [4.78, 5) is 24.4. The third kappa shape index (κ3) is 7.93. The van der Waals surface area contributed by atoms with Gasteiger partial charge >= 0.3 is 11.9 Å².